The number of nitrogens with one attached hydrogen (secondary N) is 1. The van der Waals surface area contributed by atoms with E-state index < -0.39 is 17.8 Å². The van der Waals surface area contributed by atoms with Crippen LogP contribution in [0, 0.1) is 24.7 Å². The minimum Gasteiger partial charge on any atom is -0.481 e. The summed E-state index contributed by atoms with van der Waals surface area (Å²) in [6.45, 7) is 3.92. The molecule has 0 aliphatic heterocycles. The van der Waals surface area contributed by atoms with Crippen LogP contribution in [0.15, 0.2) is 18.2 Å². The van der Waals surface area contributed by atoms with E-state index in [0.29, 0.717) is 29.5 Å². The van der Waals surface area contributed by atoms with Crippen LogP contribution in [0.3, 0.4) is 0 Å². The number of carbonyl (C=O) groups is 2. The predicted octanol–water partition coefficient (Wildman–Crippen LogP) is 3.72. The molecular weight excluding hydrogens is 290 g/mol. The van der Waals surface area contributed by atoms with Crippen LogP contribution in [-0.2, 0) is 9.59 Å². The Morgan fingerprint density at radius 2 is 2.00 bits per heavy atom. The van der Waals surface area contributed by atoms with E-state index in [1.54, 1.807) is 12.1 Å². The smallest absolute Gasteiger partial charge is 0.307 e. The van der Waals surface area contributed by atoms with Crippen molar-refractivity contribution >= 4 is 29.2 Å². The predicted molar refractivity (Wildman–Crippen MR) is 82.4 cm³/mol. The minimum atomic E-state index is -0.886. The Morgan fingerprint density at radius 1 is 1.29 bits per heavy atom. The number of hydrogen-bond acceptors (Lipinski definition) is 2. The normalized spacial score (nSPS) is 25.4. The Bertz CT molecular complexity index is 558. The molecule has 0 saturated heterocycles. The first-order chi connectivity index (χ1) is 9.88. The van der Waals surface area contributed by atoms with Gasteiger partial charge in [-0.3, -0.25) is 9.59 Å². The number of carbonyl (C=O) groups excluding carboxylic acids is 1. The fourth-order valence-electron chi connectivity index (χ4n) is 2.87. The van der Waals surface area contributed by atoms with Crippen molar-refractivity contribution in [1.82, 2.24) is 0 Å². The molecule has 3 atom stereocenters. The van der Waals surface area contributed by atoms with E-state index in [0.717, 1.165) is 12.0 Å². The quantitative estimate of drug-likeness (QED) is 0.894. The molecule has 1 aliphatic rings. The number of rotatable bonds is 3. The Labute approximate surface area is 129 Å². The van der Waals surface area contributed by atoms with Gasteiger partial charge in [-0.2, -0.15) is 0 Å². The summed E-state index contributed by atoms with van der Waals surface area (Å²) in [4.78, 5) is 23.7. The van der Waals surface area contributed by atoms with E-state index in [1.807, 2.05) is 19.9 Å². The highest BCUT2D eigenvalue weighted by Gasteiger charge is 2.38. The monoisotopic (exact) mass is 309 g/mol. The zero-order valence-corrected chi connectivity index (χ0v) is 13.0. The van der Waals surface area contributed by atoms with Gasteiger partial charge in [0, 0.05) is 10.7 Å². The van der Waals surface area contributed by atoms with Gasteiger partial charge >= 0.3 is 5.97 Å². The van der Waals surface area contributed by atoms with Crippen molar-refractivity contribution in [1.29, 1.82) is 0 Å². The molecule has 4 nitrogen and oxygen atoms in total. The van der Waals surface area contributed by atoms with Crippen molar-refractivity contribution in [3.8, 4) is 0 Å². The average molecular weight is 310 g/mol. The number of carboxylic acids is 1. The zero-order valence-electron chi connectivity index (χ0n) is 12.2. The molecule has 2 N–H and O–H groups in total. The van der Waals surface area contributed by atoms with Crippen LogP contribution >= 0.6 is 11.6 Å². The van der Waals surface area contributed by atoms with Crippen LogP contribution in [0.4, 0.5) is 5.69 Å². The SMILES string of the molecule is Cc1ccc(NC(=O)C2CCC(C)CC2C(=O)O)cc1Cl. The fourth-order valence-corrected chi connectivity index (χ4v) is 3.05. The van der Waals surface area contributed by atoms with E-state index in [2.05, 4.69) is 5.32 Å². The van der Waals surface area contributed by atoms with Crippen LogP contribution in [0.25, 0.3) is 0 Å². The van der Waals surface area contributed by atoms with E-state index >= 15 is 0 Å². The van der Waals surface area contributed by atoms with Crippen LogP contribution in [0.2, 0.25) is 5.02 Å². The van der Waals surface area contributed by atoms with Gasteiger partial charge in [0.25, 0.3) is 0 Å². The van der Waals surface area contributed by atoms with Gasteiger partial charge < -0.3 is 10.4 Å². The third-order valence-electron chi connectivity index (χ3n) is 4.21. The van der Waals surface area contributed by atoms with Gasteiger partial charge in [0.1, 0.15) is 0 Å². The summed E-state index contributed by atoms with van der Waals surface area (Å²) in [5, 5.41) is 12.7. The van der Waals surface area contributed by atoms with Crippen molar-refractivity contribution in [3.63, 3.8) is 0 Å². The summed E-state index contributed by atoms with van der Waals surface area (Å²) in [7, 11) is 0. The largest absolute Gasteiger partial charge is 0.481 e. The molecule has 1 aromatic rings. The second-order valence-corrected chi connectivity index (χ2v) is 6.33. The molecule has 2 rings (SSSR count). The molecule has 3 unspecified atom stereocenters. The van der Waals surface area contributed by atoms with Crippen LogP contribution in [0.1, 0.15) is 31.7 Å². The standard InChI is InChI=1S/C16H20ClNO3/c1-9-3-6-12(13(7-9)16(20)21)15(19)18-11-5-4-10(2)14(17)8-11/h4-5,8-9,12-13H,3,6-7H2,1-2H3,(H,18,19)(H,20,21). The first-order valence-electron chi connectivity index (χ1n) is 7.18. The summed E-state index contributed by atoms with van der Waals surface area (Å²) in [6.07, 6.45) is 2.06. The molecule has 0 spiro atoms. The molecule has 21 heavy (non-hydrogen) atoms. The second kappa shape index (κ2) is 6.48. The molecule has 0 aromatic heterocycles. The molecule has 114 valence electrons. The number of anilines is 1. The van der Waals surface area contributed by atoms with Gasteiger partial charge in [-0.15, -0.1) is 0 Å². The molecule has 5 heteroatoms. The lowest BCUT2D eigenvalue weighted by Crippen LogP contribution is -2.38. The third-order valence-corrected chi connectivity index (χ3v) is 4.61. The summed E-state index contributed by atoms with van der Waals surface area (Å²) in [6, 6.07) is 5.30. The Morgan fingerprint density at radius 3 is 2.62 bits per heavy atom. The first-order valence-corrected chi connectivity index (χ1v) is 7.56. The lowest BCUT2D eigenvalue weighted by molar-refractivity contribution is -0.148. The van der Waals surface area contributed by atoms with Crippen molar-refractivity contribution < 1.29 is 14.7 Å². The average Bonchev–Trinajstić information content (AvgIpc) is 2.42. The molecule has 0 radical (unpaired) electrons. The number of hydrogen-bond donors (Lipinski definition) is 2. The molecule has 1 aromatic carbocycles. The number of carboxylic acid groups (broad SMARTS) is 1. The second-order valence-electron chi connectivity index (χ2n) is 5.92. The number of aliphatic carboxylic acids is 1. The fraction of sp³-hybridized carbons (Fsp3) is 0.500. The van der Waals surface area contributed by atoms with Gasteiger partial charge in [0.05, 0.1) is 11.8 Å². The van der Waals surface area contributed by atoms with E-state index in [4.69, 9.17) is 11.6 Å². The van der Waals surface area contributed by atoms with E-state index in [1.165, 1.54) is 0 Å². The Kier molecular flexibility index (Phi) is 4.88. The Balaban J connectivity index is 2.10. The highest BCUT2D eigenvalue weighted by Crippen LogP contribution is 2.35. The highest BCUT2D eigenvalue weighted by molar-refractivity contribution is 6.31. The van der Waals surface area contributed by atoms with E-state index in [-0.39, 0.29) is 5.91 Å². The molecule has 1 fully saturated rings. The number of amides is 1. The maximum atomic E-state index is 12.4. The number of aryl methyl sites for hydroxylation is 1. The van der Waals surface area contributed by atoms with Crippen LogP contribution < -0.4 is 5.32 Å². The Hall–Kier alpha value is -1.55. The van der Waals surface area contributed by atoms with Gasteiger partial charge in [0.15, 0.2) is 0 Å². The van der Waals surface area contributed by atoms with Gasteiger partial charge in [-0.25, -0.2) is 0 Å². The molecule has 0 heterocycles. The highest BCUT2D eigenvalue weighted by atomic mass is 35.5. The van der Waals surface area contributed by atoms with E-state index in [9.17, 15) is 14.7 Å². The maximum absolute atomic E-state index is 12.4. The topological polar surface area (TPSA) is 66.4 Å². The van der Waals surface area contributed by atoms with Gasteiger partial charge in [-0.1, -0.05) is 24.6 Å². The van der Waals surface area contributed by atoms with Gasteiger partial charge in [0.2, 0.25) is 5.91 Å². The first kappa shape index (κ1) is 15.8. The number of benzene rings is 1. The van der Waals surface area contributed by atoms with Crippen molar-refractivity contribution in [2.75, 3.05) is 5.32 Å². The van der Waals surface area contributed by atoms with Gasteiger partial charge in [-0.05, 0) is 49.8 Å². The molecule has 1 saturated carbocycles. The number of halogens is 1. The maximum Gasteiger partial charge on any atom is 0.307 e. The van der Waals surface area contributed by atoms with Crippen molar-refractivity contribution in [3.05, 3.63) is 28.8 Å². The zero-order chi connectivity index (χ0) is 15.6. The summed E-state index contributed by atoms with van der Waals surface area (Å²) >= 11 is 6.04. The summed E-state index contributed by atoms with van der Waals surface area (Å²) < 4.78 is 0. The lowest BCUT2D eigenvalue weighted by atomic mass is 9.74. The summed E-state index contributed by atoms with van der Waals surface area (Å²) in [5.41, 5.74) is 1.54. The van der Waals surface area contributed by atoms with Crippen LogP contribution in [-0.4, -0.2) is 17.0 Å². The molecule has 1 amide bonds. The van der Waals surface area contributed by atoms with Crippen molar-refractivity contribution in [2.24, 2.45) is 17.8 Å². The van der Waals surface area contributed by atoms with Crippen LogP contribution in [0.5, 0.6) is 0 Å². The molecule has 1 aliphatic carbocycles. The molecule has 0 bridgehead atoms. The molecular formula is C16H20ClNO3. The minimum absolute atomic E-state index is 0.228. The summed E-state index contributed by atoms with van der Waals surface area (Å²) in [5.74, 6) is -1.84. The van der Waals surface area contributed by atoms with Crippen molar-refractivity contribution in [2.45, 2.75) is 33.1 Å². The lowest BCUT2D eigenvalue weighted by Gasteiger charge is -2.31. The third kappa shape index (κ3) is 3.76.